The second kappa shape index (κ2) is 8.84. The van der Waals surface area contributed by atoms with Crippen LogP contribution in [0.2, 0.25) is 10.0 Å². The summed E-state index contributed by atoms with van der Waals surface area (Å²) in [7, 11) is 0. The van der Waals surface area contributed by atoms with E-state index < -0.39 is 18.5 Å². The van der Waals surface area contributed by atoms with Crippen LogP contribution in [0.1, 0.15) is 16.1 Å². The van der Waals surface area contributed by atoms with E-state index >= 15 is 0 Å². The van der Waals surface area contributed by atoms with Crippen LogP contribution in [-0.4, -0.2) is 30.0 Å². The first-order chi connectivity index (χ1) is 11.9. The zero-order valence-corrected chi connectivity index (χ0v) is 15.6. The number of hydrogen-bond acceptors (Lipinski definition) is 6. The lowest BCUT2D eigenvalue weighted by molar-refractivity contribution is -0.119. The number of esters is 1. The number of carbonyl (C=O) groups is 2. The van der Waals surface area contributed by atoms with Gasteiger partial charge in [0.15, 0.2) is 17.4 Å². The summed E-state index contributed by atoms with van der Waals surface area (Å²) in [5.74, 6) is -1.25. The summed E-state index contributed by atoms with van der Waals surface area (Å²) < 4.78 is 4.95. The molecule has 0 fully saturated rings. The molecule has 0 unspecified atom stereocenters. The molecule has 0 aliphatic carbocycles. The lowest BCUT2D eigenvalue weighted by Crippen LogP contribution is -2.21. The Labute approximate surface area is 158 Å². The molecular formula is C16H15Cl2N3O3S. The van der Waals surface area contributed by atoms with Gasteiger partial charge >= 0.3 is 5.97 Å². The second-order valence-corrected chi connectivity index (χ2v) is 6.53. The number of ether oxygens (including phenoxy) is 1. The van der Waals surface area contributed by atoms with Crippen LogP contribution in [0, 0.1) is 6.92 Å². The van der Waals surface area contributed by atoms with Crippen molar-refractivity contribution >= 4 is 57.2 Å². The molecule has 0 aliphatic rings. The molecule has 2 N–H and O–H groups in total. The van der Waals surface area contributed by atoms with Gasteiger partial charge < -0.3 is 15.4 Å². The molecule has 2 rings (SSSR count). The van der Waals surface area contributed by atoms with Crippen molar-refractivity contribution in [2.24, 2.45) is 0 Å². The van der Waals surface area contributed by atoms with Crippen LogP contribution >= 0.6 is 34.5 Å². The van der Waals surface area contributed by atoms with Crippen LogP contribution in [0.15, 0.2) is 30.2 Å². The van der Waals surface area contributed by atoms with Crippen LogP contribution < -0.4 is 10.6 Å². The molecular weight excluding hydrogens is 385 g/mol. The first-order valence-corrected chi connectivity index (χ1v) is 8.77. The maximum atomic E-state index is 12.0. The number of benzene rings is 1. The molecule has 25 heavy (non-hydrogen) atoms. The monoisotopic (exact) mass is 399 g/mol. The fourth-order valence-corrected chi connectivity index (χ4v) is 2.92. The molecule has 6 nitrogen and oxygen atoms in total. The van der Waals surface area contributed by atoms with Crippen molar-refractivity contribution < 1.29 is 14.3 Å². The highest BCUT2D eigenvalue weighted by atomic mass is 35.5. The molecule has 9 heteroatoms. The molecule has 0 radical (unpaired) electrons. The molecule has 1 aromatic carbocycles. The number of halogens is 2. The van der Waals surface area contributed by atoms with Crippen molar-refractivity contribution in [1.29, 1.82) is 0 Å². The first-order valence-electron chi connectivity index (χ1n) is 7.14. The van der Waals surface area contributed by atoms with E-state index in [4.69, 9.17) is 27.9 Å². The van der Waals surface area contributed by atoms with Gasteiger partial charge in [0.1, 0.15) is 0 Å². The van der Waals surface area contributed by atoms with E-state index in [9.17, 15) is 9.59 Å². The molecule has 0 aliphatic heterocycles. The third kappa shape index (κ3) is 5.19. The third-order valence-corrected chi connectivity index (χ3v) is 4.60. The van der Waals surface area contributed by atoms with E-state index in [1.165, 1.54) is 11.3 Å². The zero-order valence-electron chi connectivity index (χ0n) is 13.3. The standard InChI is InChI=1S/C16H15Cl2N3O3S/c1-3-6-19-16-20-11(8-25-16)15(23)24-7-12(22)21-14-10(17)5-4-9(2)13(14)18/h3-5,8H,1,6-7H2,2H3,(H,19,20)(H,21,22). The summed E-state index contributed by atoms with van der Waals surface area (Å²) >= 11 is 13.4. The number of anilines is 2. The summed E-state index contributed by atoms with van der Waals surface area (Å²) in [5, 5.41) is 8.24. The topological polar surface area (TPSA) is 80.3 Å². The number of hydrogen-bond donors (Lipinski definition) is 2. The van der Waals surface area contributed by atoms with Crippen molar-refractivity contribution in [2.45, 2.75) is 6.92 Å². The number of carbonyl (C=O) groups excluding carboxylic acids is 2. The van der Waals surface area contributed by atoms with Gasteiger partial charge in [-0.15, -0.1) is 17.9 Å². The van der Waals surface area contributed by atoms with Crippen molar-refractivity contribution in [3.8, 4) is 0 Å². The molecule has 1 amide bonds. The van der Waals surface area contributed by atoms with Gasteiger partial charge in [-0.25, -0.2) is 9.78 Å². The van der Waals surface area contributed by atoms with Gasteiger partial charge in [-0.3, -0.25) is 4.79 Å². The van der Waals surface area contributed by atoms with Gasteiger partial charge in [0.25, 0.3) is 5.91 Å². The maximum absolute atomic E-state index is 12.0. The lowest BCUT2D eigenvalue weighted by atomic mass is 10.2. The average molecular weight is 400 g/mol. The van der Waals surface area contributed by atoms with Crippen molar-refractivity contribution in [3.05, 3.63) is 51.5 Å². The number of aromatic nitrogens is 1. The normalized spacial score (nSPS) is 10.2. The second-order valence-electron chi connectivity index (χ2n) is 4.89. The van der Waals surface area contributed by atoms with E-state index in [2.05, 4.69) is 22.2 Å². The minimum Gasteiger partial charge on any atom is -0.451 e. The Morgan fingerprint density at radius 1 is 1.40 bits per heavy atom. The highest BCUT2D eigenvalue weighted by Gasteiger charge is 2.16. The number of nitrogens with zero attached hydrogens (tertiary/aromatic N) is 1. The van der Waals surface area contributed by atoms with E-state index in [-0.39, 0.29) is 11.4 Å². The average Bonchev–Trinajstić information content (AvgIpc) is 3.07. The summed E-state index contributed by atoms with van der Waals surface area (Å²) in [5.41, 5.74) is 1.17. The molecule has 0 atom stereocenters. The van der Waals surface area contributed by atoms with Gasteiger partial charge in [0, 0.05) is 11.9 Å². The SMILES string of the molecule is C=CCNc1nc(C(=O)OCC(=O)Nc2c(Cl)ccc(C)c2Cl)cs1. The predicted octanol–water partition coefficient (Wildman–Crippen LogP) is 4.15. The summed E-state index contributed by atoms with van der Waals surface area (Å²) in [4.78, 5) is 27.9. The molecule has 2 aromatic rings. The Kier molecular flexibility index (Phi) is 6.81. The van der Waals surface area contributed by atoms with Crippen LogP contribution in [-0.2, 0) is 9.53 Å². The van der Waals surface area contributed by atoms with Crippen LogP contribution in [0.4, 0.5) is 10.8 Å². The smallest absolute Gasteiger partial charge is 0.358 e. The Hall–Kier alpha value is -2.09. The van der Waals surface area contributed by atoms with Gasteiger partial charge in [0.2, 0.25) is 0 Å². The van der Waals surface area contributed by atoms with Gasteiger partial charge in [-0.2, -0.15) is 0 Å². The number of nitrogens with one attached hydrogen (secondary N) is 2. The summed E-state index contributed by atoms with van der Waals surface area (Å²) in [6, 6.07) is 3.36. The largest absolute Gasteiger partial charge is 0.451 e. The van der Waals surface area contributed by atoms with Crippen LogP contribution in [0.3, 0.4) is 0 Å². The van der Waals surface area contributed by atoms with Gasteiger partial charge in [-0.05, 0) is 18.6 Å². The van der Waals surface area contributed by atoms with E-state index in [1.54, 1.807) is 30.5 Å². The minimum absolute atomic E-state index is 0.121. The van der Waals surface area contributed by atoms with Gasteiger partial charge in [0.05, 0.1) is 15.7 Å². The molecule has 132 valence electrons. The number of aryl methyl sites for hydroxylation is 1. The minimum atomic E-state index is -0.695. The Morgan fingerprint density at radius 3 is 2.88 bits per heavy atom. The molecule has 0 saturated carbocycles. The van der Waals surface area contributed by atoms with Crippen molar-refractivity contribution in [2.75, 3.05) is 23.8 Å². The molecule has 1 aromatic heterocycles. The lowest BCUT2D eigenvalue weighted by Gasteiger charge is -2.11. The number of rotatable bonds is 7. The van der Waals surface area contributed by atoms with Gasteiger partial charge in [-0.1, -0.05) is 35.3 Å². The third-order valence-electron chi connectivity index (χ3n) is 2.99. The summed E-state index contributed by atoms with van der Waals surface area (Å²) in [6.45, 7) is 5.41. The Morgan fingerprint density at radius 2 is 2.16 bits per heavy atom. The predicted molar refractivity (Wildman–Crippen MR) is 101 cm³/mol. The van der Waals surface area contributed by atoms with E-state index in [1.807, 2.05) is 0 Å². The highest BCUT2D eigenvalue weighted by Crippen LogP contribution is 2.32. The zero-order chi connectivity index (χ0) is 18.4. The Balaban J connectivity index is 1.91. The Bertz CT molecular complexity index is 808. The molecule has 0 saturated heterocycles. The molecule has 0 bridgehead atoms. The van der Waals surface area contributed by atoms with E-state index in [0.29, 0.717) is 21.7 Å². The van der Waals surface area contributed by atoms with E-state index in [0.717, 1.165) is 5.56 Å². The molecule has 1 heterocycles. The number of amides is 1. The van der Waals surface area contributed by atoms with Crippen molar-refractivity contribution in [1.82, 2.24) is 4.98 Å². The fourth-order valence-electron chi connectivity index (χ4n) is 1.76. The van der Waals surface area contributed by atoms with Crippen LogP contribution in [0.5, 0.6) is 0 Å². The first kappa shape index (κ1) is 19.2. The highest BCUT2D eigenvalue weighted by molar-refractivity contribution is 7.13. The maximum Gasteiger partial charge on any atom is 0.358 e. The summed E-state index contributed by atoms with van der Waals surface area (Å²) in [6.07, 6.45) is 1.67. The van der Waals surface area contributed by atoms with Crippen molar-refractivity contribution in [3.63, 3.8) is 0 Å². The van der Waals surface area contributed by atoms with Crippen LogP contribution in [0.25, 0.3) is 0 Å². The quantitative estimate of drug-likeness (QED) is 0.539. The molecule has 0 spiro atoms. The number of thiazole rings is 1. The fraction of sp³-hybridized carbons (Fsp3) is 0.188.